The largest absolute Gasteiger partial charge is 0.459 e. The Hall–Kier alpha value is -2.27. The fourth-order valence-electron chi connectivity index (χ4n) is 5.98. The van der Waals surface area contributed by atoms with Crippen LogP contribution in [-0.4, -0.2) is 81.0 Å². The minimum absolute atomic E-state index is 0.269. The maximum Gasteiger partial charge on any atom is 0.312 e. The topological polar surface area (TPSA) is 149 Å². The lowest BCUT2D eigenvalue weighted by Crippen LogP contribution is -2.70. The highest BCUT2D eigenvalue weighted by atomic mass is 35.5. The third kappa shape index (κ3) is 3.64. The Balaban J connectivity index is 2.04. The maximum atomic E-state index is 12.9. The number of hydrogen-bond acceptors (Lipinski definition) is 10. The lowest BCUT2D eigenvalue weighted by molar-refractivity contribution is -0.228. The fraction of sp³-hybridized carbons (Fsp3) is 0.667. The van der Waals surface area contributed by atoms with Gasteiger partial charge in [0.25, 0.3) is 0 Å². The second-order valence-corrected chi connectivity index (χ2v) is 10.7. The molecule has 0 unspecified atom stereocenters. The van der Waals surface area contributed by atoms with Crippen molar-refractivity contribution >= 4 is 35.3 Å². The Labute approximate surface area is 207 Å². The van der Waals surface area contributed by atoms with Crippen LogP contribution in [0.4, 0.5) is 0 Å². The number of ether oxygens (including phenoxy) is 4. The summed E-state index contributed by atoms with van der Waals surface area (Å²) in [7, 11) is 0. The Kier molecular flexibility index (Phi) is 5.99. The zero-order valence-electron chi connectivity index (χ0n) is 20.0. The first-order valence-electron chi connectivity index (χ1n) is 11.3. The van der Waals surface area contributed by atoms with Gasteiger partial charge in [0.15, 0.2) is 17.5 Å². The third-order valence-electron chi connectivity index (χ3n) is 7.88. The molecule has 0 spiro atoms. The number of aliphatic hydroxyl groups is 2. The van der Waals surface area contributed by atoms with Gasteiger partial charge in [0.2, 0.25) is 0 Å². The van der Waals surface area contributed by atoms with Crippen LogP contribution in [0.2, 0.25) is 0 Å². The van der Waals surface area contributed by atoms with Gasteiger partial charge in [-0.3, -0.25) is 19.2 Å². The van der Waals surface area contributed by atoms with E-state index < -0.39 is 88.0 Å². The molecule has 4 aliphatic rings. The lowest BCUT2D eigenvalue weighted by atomic mass is 9.54. The molecule has 11 atom stereocenters. The molecule has 2 aliphatic heterocycles. The van der Waals surface area contributed by atoms with E-state index in [1.54, 1.807) is 6.92 Å². The molecular weight excluding hydrogens is 484 g/mol. The lowest BCUT2D eigenvalue weighted by Gasteiger charge is -2.54. The third-order valence-corrected chi connectivity index (χ3v) is 8.39. The fourth-order valence-corrected chi connectivity index (χ4v) is 6.35. The number of carbonyl (C=O) groups is 4. The van der Waals surface area contributed by atoms with E-state index in [2.05, 4.69) is 6.58 Å². The number of rotatable bonds is 2. The van der Waals surface area contributed by atoms with Crippen LogP contribution in [0.5, 0.6) is 0 Å². The summed E-state index contributed by atoms with van der Waals surface area (Å²) in [6, 6.07) is 0. The predicted molar refractivity (Wildman–Crippen MR) is 119 cm³/mol. The molecule has 0 amide bonds. The quantitative estimate of drug-likeness (QED) is 0.177. The molecule has 2 saturated heterocycles. The molecule has 0 aromatic rings. The van der Waals surface area contributed by atoms with Crippen LogP contribution in [0.25, 0.3) is 0 Å². The molecule has 2 aliphatic carbocycles. The van der Waals surface area contributed by atoms with Crippen LogP contribution in [0.1, 0.15) is 34.6 Å². The molecule has 3 fully saturated rings. The average molecular weight is 513 g/mol. The van der Waals surface area contributed by atoms with E-state index in [1.807, 2.05) is 0 Å². The zero-order chi connectivity index (χ0) is 26.2. The molecule has 0 aromatic heterocycles. The Morgan fingerprint density at radius 1 is 1.11 bits per heavy atom. The van der Waals surface area contributed by atoms with Crippen LogP contribution >= 0.6 is 11.6 Å². The van der Waals surface area contributed by atoms with Gasteiger partial charge in [0.1, 0.15) is 30.0 Å². The van der Waals surface area contributed by atoms with Crippen LogP contribution in [0.3, 0.4) is 0 Å². The van der Waals surface area contributed by atoms with Crippen molar-refractivity contribution in [3.05, 3.63) is 24.3 Å². The monoisotopic (exact) mass is 512 g/mol. The molecular formula is C24H29ClO10. The summed E-state index contributed by atoms with van der Waals surface area (Å²) in [5.41, 5.74) is -5.67. The van der Waals surface area contributed by atoms with Crippen LogP contribution in [0, 0.1) is 17.3 Å². The highest BCUT2D eigenvalue weighted by Crippen LogP contribution is 2.57. The highest BCUT2D eigenvalue weighted by molar-refractivity contribution is 6.23. The number of halogens is 1. The van der Waals surface area contributed by atoms with Crippen molar-refractivity contribution in [1.29, 1.82) is 0 Å². The first-order chi connectivity index (χ1) is 16.1. The molecule has 0 radical (unpaired) electrons. The SMILES string of the molecule is C=C1[C@H]2O[C@H]2[C@H](OC(C)=O)[C@]2(C)C=CC(=O)[C@@](C)(O)[C@@H]2[C@H](OC(C)=O)[C@@]2(O)[C@@H](C)C(=O)O[C@H]2[C@H]1Cl. The molecule has 192 valence electrons. The molecule has 10 nitrogen and oxygen atoms in total. The molecule has 11 heteroatoms. The van der Waals surface area contributed by atoms with Crippen LogP contribution < -0.4 is 0 Å². The number of alkyl halides is 1. The van der Waals surface area contributed by atoms with Crippen molar-refractivity contribution in [3.63, 3.8) is 0 Å². The van der Waals surface area contributed by atoms with E-state index in [0.717, 1.165) is 13.0 Å². The summed E-state index contributed by atoms with van der Waals surface area (Å²) < 4.78 is 22.6. The Bertz CT molecular complexity index is 1040. The van der Waals surface area contributed by atoms with Crippen LogP contribution in [-0.2, 0) is 38.1 Å². The van der Waals surface area contributed by atoms with Gasteiger partial charge in [0.05, 0.1) is 11.3 Å². The van der Waals surface area contributed by atoms with Gasteiger partial charge in [-0.15, -0.1) is 11.6 Å². The summed E-state index contributed by atoms with van der Waals surface area (Å²) in [6.45, 7) is 10.5. The smallest absolute Gasteiger partial charge is 0.312 e. The van der Waals surface area contributed by atoms with E-state index in [-0.39, 0.29) is 5.57 Å². The zero-order valence-corrected chi connectivity index (χ0v) is 20.8. The van der Waals surface area contributed by atoms with Crippen molar-refractivity contribution in [3.8, 4) is 0 Å². The van der Waals surface area contributed by atoms with Gasteiger partial charge in [-0.25, -0.2) is 0 Å². The summed E-state index contributed by atoms with van der Waals surface area (Å²) in [5.74, 6) is -5.72. The van der Waals surface area contributed by atoms with Crippen molar-refractivity contribution in [2.45, 2.75) is 81.7 Å². The van der Waals surface area contributed by atoms with Crippen molar-refractivity contribution in [1.82, 2.24) is 0 Å². The van der Waals surface area contributed by atoms with Gasteiger partial charge in [0, 0.05) is 25.2 Å². The van der Waals surface area contributed by atoms with Gasteiger partial charge in [-0.2, -0.15) is 0 Å². The first-order valence-corrected chi connectivity index (χ1v) is 11.7. The second kappa shape index (κ2) is 8.12. The maximum absolute atomic E-state index is 12.9. The minimum atomic E-state index is -2.29. The van der Waals surface area contributed by atoms with E-state index in [4.69, 9.17) is 30.5 Å². The Morgan fingerprint density at radius 2 is 1.69 bits per heavy atom. The molecule has 2 heterocycles. The summed E-state index contributed by atoms with van der Waals surface area (Å²) >= 11 is 6.67. The summed E-state index contributed by atoms with van der Waals surface area (Å²) in [4.78, 5) is 50.1. The number of carbonyl (C=O) groups excluding carboxylic acids is 4. The van der Waals surface area contributed by atoms with Gasteiger partial charge in [-0.1, -0.05) is 19.6 Å². The highest BCUT2D eigenvalue weighted by Gasteiger charge is 2.73. The number of fused-ring (bicyclic) bond motifs is 3. The van der Waals surface area contributed by atoms with Crippen molar-refractivity contribution in [2.75, 3.05) is 0 Å². The summed E-state index contributed by atoms with van der Waals surface area (Å²) in [5, 5.41) is 22.5. The number of ketones is 1. The number of epoxide rings is 1. The van der Waals surface area contributed by atoms with Crippen molar-refractivity contribution in [2.24, 2.45) is 17.3 Å². The normalized spacial score (nSPS) is 48.7. The average Bonchev–Trinajstić information content (AvgIpc) is 3.50. The van der Waals surface area contributed by atoms with Crippen molar-refractivity contribution < 1.29 is 48.3 Å². The predicted octanol–water partition coefficient (Wildman–Crippen LogP) is 0.599. The van der Waals surface area contributed by atoms with Crippen LogP contribution in [0.15, 0.2) is 24.3 Å². The standard InChI is InChI=1S/C24H29ClO10/c1-9-14(25)18-24(31,10(2)21(29)35-18)20(33-12(4)27)17-22(5,8-7-13(28)23(17,6)30)19(32-11(3)26)16-15(9)34-16/h7-8,10,14-20,30-31H,1H2,2-6H3/t10-,14-,15+,16+,17+,18-,19-,20-,22+,23+,24+/m0/s1. The number of esters is 3. The Morgan fingerprint density at radius 3 is 2.26 bits per heavy atom. The number of hydrogen-bond donors (Lipinski definition) is 2. The van der Waals surface area contributed by atoms with Gasteiger partial charge >= 0.3 is 17.9 Å². The molecule has 1 saturated carbocycles. The van der Waals surface area contributed by atoms with E-state index in [9.17, 15) is 29.4 Å². The molecule has 0 bridgehead atoms. The molecule has 4 rings (SSSR count). The molecule has 0 aromatic carbocycles. The molecule has 35 heavy (non-hydrogen) atoms. The minimum Gasteiger partial charge on any atom is -0.459 e. The summed E-state index contributed by atoms with van der Waals surface area (Å²) in [6.07, 6.45) is -3.13. The van der Waals surface area contributed by atoms with E-state index in [1.165, 1.54) is 26.8 Å². The second-order valence-electron chi connectivity index (χ2n) is 10.2. The molecule has 2 N–H and O–H groups in total. The van der Waals surface area contributed by atoms with E-state index >= 15 is 0 Å². The van der Waals surface area contributed by atoms with Gasteiger partial charge < -0.3 is 29.2 Å². The van der Waals surface area contributed by atoms with E-state index in [0.29, 0.717) is 0 Å². The first kappa shape index (κ1) is 25.8. The van der Waals surface area contributed by atoms with Gasteiger partial charge in [-0.05, 0) is 25.5 Å².